The number of carboxylic acid groups (broad SMARTS) is 1. The Morgan fingerprint density at radius 2 is 1.94 bits per heavy atom. The fraction of sp³-hybridized carbons (Fsp3) is 0.900. The maximum absolute atomic E-state index is 11.5. The number of rotatable bonds is 5. The lowest BCUT2D eigenvalue weighted by Crippen LogP contribution is -2.51. The molecule has 16 heavy (non-hydrogen) atoms. The van der Waals surface area contributed by atoms with E-state index >= 15 is 0 Å². The minimum absolute atomic E-state index is 0.0199. The van der Waals surface area contributed by atoms with Gasteiger partial charge in [-0.1, -0.05) is 13.8 Å². The molecule has 1 aliphatic heterocycles. The van der Waals surface area contributed by atoms with Crippen LogP contribution in [0.4, 0.5) is 0 Å². The van der Waals surface area contributed by atoms with Crippen molar-refractivity contribution in [2.45, 2.75) is 32.2 Å². The highest BCUT2D eigenvalue weighted by atomic mass is 32.2. The summed E-state index contributed by atoms with van der Waals surface area (Å²) in [6.45, 7) is 5.22. The molecule has 0 radical (unpaired) electrons. The second-order valence-corrected chi connectivity index (χ2v) is 6.49. The molecular formula is C10H19NO4S. The highest BCUT2D eigenvalue weighted by Crippen LogP contribution is 2.32. The molecule has 1 heterocycles. The Labute approximate surface area is 96.4 Å². The van der Waals surface area contributed by atoms with E-state index in [1.54, 1.807) is 0 Å². The summed E-state index contributed by atoms with van der Waals surface area (Å²) in [6.07, 6.45) is 0.344. The van der Waals surface area contributed by atoms with E-state index in [0.717, 1.165) is 0 Å². The maximum Gasteiger partial charge on any atom is 0.305 e. The molecule has 0 aromatic carbocycles. The first-order valence-corrected chi connectivity index (χ1v) is 7.34. The minimum atomic E-state index is -3.07. The van der Waals surface area contributed by atoms with Gasteiger partial charge >= 0.3 is 5.97 Å². The normalized spacial score (nSPS) is 28.4. The van der Waals surface area contributed by atoms with E-state index in [1.165, 1.54) is 0 Å². The Hall–Kier alpha value is -0.620. The molecule has 1 atom stereocenters. The molecule has 1 saturated heterocycles. The SMILES string of the molecule is CCN(CC)C1(CC(=O)O)CCS(=O)(=O)C1. The molecule has 1 N–H and O–H groups in total. The second kappa shape index (κ2) is 4.71. The van der Waals surface area contributed by atoms with Gasteiger partial charge in [0.15, 0.2) is 9.84 Å². The predicted octanol–water partition coefficient (Wildman–Crippen LogP) is 0.360. The highest BCUT2D eigenvalue weighted by Gasteiger charge is 2.46. The van der Waals surface area contributed by atoms with Crippen LogP contribution in [-0.4, -0.2) is 54.5 Å². The fourth-order valence-corrected chi connectivity index (χ4v) is 4.66. The first-order chi connectivity index (χ1) is 7.35. The summed E-state index contributed by atoms with van der Waals surface area (Å²) in [6, 6.07) is 0. The average molecular weight is 249 g/mol. The van der Waals surface area contributed by atoms with E-state index in [-0.39, 0.29) is 17.9 Å². The number of nitrogens with zero attached hydrogens (tertiary/aromatic N) is 1. The Bertz CT molecular complexity index is 361. The summed E-state index contributed by atoms with van der Waals surface area (Å²) in [5.74, 6) is -0.839. The van der Waals surface area contributed by atoms with Crippen molar-refractivity contribution in [2.24, 2.45) is 0 Å². The van der Waals surface area contributed by atoms with Gasteiger partial charge in [0.25, 0.3) is 0 Å². The lowest BCUT2D eigenvalue weighted by Gasteiger charge is -2.38. The first kappa shape index (κ1) is 13.4. The van der Waals surface area contributed by atoms with Crippen LogP contribution in [0.25, 0.3) is 0 Å². The van der Waals surface area contributed by atoms with E-state index in [2.05, 4.69) is 0 Å². The number of aliphatic carboxylic acids is 1. The van der Waals surface area contributed by atoms with Crippen molar-refractivity contribution in [3.63, 3.8) is 0 Å². The standard InChI is InChI=1S/C10H19NO4S/c1-3-11(4-2)10(7-9(12)13)5-6-16(14,15)8-10/h3-8H2,1-2H3,(H,12,13). The lowest BCUT2D eigenvalue weighted by molar-refractivity contribution is -0.140. The summed E-state index contributed by atoms with van der Waals surface area (Å²) in [7, 11) is -3.07. The van der Waals surface area contributed by atoms with Crippen molar-refractivity contribution in [1.82, 2.24) is 4.90 Å². The number of carboxylic acids is 1. The fourth-order valence-electron chi connectivity index (χ4n) is 2.58. The van der Waals surface area contributed by atoms with Gasteiger partial charge in [-0.2, -0.15) is 0 Å². The van der Waals surface area contributed by atoms with Gasteiger partial charge in [-0.15, -0.1) is 0 Å². The van der Waals surface area contributed by atoms with E-state index in [9.17, 15) is 13.2 Å². The van der Waals surface area contributed by atoms with Crippen LogP contribution < -0.4 is 0 Å². The van der Waals surface area contributed by atoms with Gasteiger partial charge in [-0.05, 0) is 19.5 Å². The molecule has 94 valence electrons. The number of hydrogen-bond acceptors (Lipinski definition) is 4. The predicted molar refractivity (Wildman–Crippen MR) is 61.2 cm³/mol. The summed E-state index contributed by atoms with van der Waals surface area (Å²) in [4.78, 5) is 12.9. The zero-order chi connectivity index (χ0) is 12.4. The van der Waals surface area contributed by atoms with Crippen molar-refractivity contribution in [2.75, 3.05) is 24.6 Å². The third kappa shape index (κ3) is 2.74. The molecule has 0 aromatic rings. The maximum atomic E-state index is 11.5. The molecule has 1 aliphatic rings. The molecule has 0 saturated carbocycles. The molecule has 6 heteroatoms. The molecule has 5 nitrogen and oxygen atoms in total. The third-order valence-electron chi connectivity index (χ3n) is 3.28. The van der Waals surface area contributed by atoms with Crippen LogP contribution in [0.1, 0.15) is 26.7 Å². The van der Waals surface area contributed by atoms with Crippen LogP contribution in [-0.2, 0) is 14.6 Å². The molecule has 1 unspecified atom stereocenters. The van der Waals surface area contributed by atoms with Gasteiger partial charge in [0.05, 0.1) is 17.9 Å². The van der Waals surface area contributed by atoms with Crippen molar-refractivity contribution in [3.8, 4) is 0 Å². The number of hydrogen-bond donors (Lipinski definition) is 1. The Kier molecular flexibility index (Phi) is 3.96. The van der Waals surface area contributed by atoms with E-state index < -0.39 is 21.3 Å². The van der Waals surface area contributed by atoms with Crippen LogP contribution in [0.2, 0.25) is 0 Å². The van der Waals surface area contributed by atoms with Crippen LogP contribution in [0.5, 0.6) is 0 Å². The Balaban J connectivity index is 2.99. The van der Waals surface area contributed by atoms with E-state index in [1.807, 2.05) is 18.7 Å². The second-order valence-electron chi connectivity index (χ2n) is 4.31. The van der Waals surface area contributed by atoms with Gasteiger partial charge in [-0.25, -0.2) is 8.42 Å². The monoisotopic (exact) mass is 249 g/mol. The van der Waals surface area contributed by atoms with E-state index in [4.69, 9.17) is 5.11 Å². The van der Waals surface area contributed by atoms with Crippen molar-refractivity contribution >= 4 is 15.8 Å². The van der Waals surface area contributed by atoms with Gasteiger partial charge in [0, 0.05) is 5.54 Å². The van der Waals surface area contributed by atoms with Gasteiger partial charge in [-0.3, -0.25) is 9.69 Å². The number of carbonyl (C=O) groups is 1. The van der Waals surface area contributed by atoms with Crippen molar-refractivity contribution in [1.29, 1.82) is 0 Å². The molecular weight excluding hydrogens is 230 g/mol. The van der Waals surface area contributed by atoms with Gasteiger partial charge in [0.2, 0.25) is 0 Å². The smallest absolute Gasteiger partial charge is 0.305 e. The van der Waals surface area contributed by atoms with Crippen molar-refractivity contribution < 1.29 is 18.3 Å². The highest BCUT2D eigenvalue weighted by molar-refractivity contribution is 7.91. The summed E-state index contributed by atoms with van der Waals surface area (Å²) in [5, 5.41) is 8.93. The summed E-state index contributed by atoms with van der Waals surface area (Å²) >= 11 is 0. The third-order valence-corrected chi connectivity index (χ3v) is 5.08. The van der Waals surface area contributed by atoms with Crippen molar-refractivity contribution in [3.05, 3.63) is 0 Å². The number of sulfone groups is 1. The largest absolute Gasteiger partial charge is 0.481 e. The summed E-state index contributed by atoms with van der Waals surface area (Å²) < 4.78 is 23.1. The van der Waals surface area contributed by atoms with E-state index in [0.29, 0.717) is 19.5 Å². The molecule has 0 amide bonds. The van der Waals surface area contributed by atoms with Gasteiger partial charge in [0.1, 0.15) is 0 Å². The average Bonchev–Trinajstić information content (AvgIpc) is 2.43. The van der Waals surface area contributed by atoms with Crippen LogP contribution >= 0.6 is 0 Å². The van der Waals surface area contributed by atoms with Crippen LogP contribution in [0.15, 0.2) is 0 Å². The molecule has 1 rings (SSSR count). The quantitative estimate of drug-likeness (QED) is 0.761. The zero-order valence-corrected chi connectivity index (χ0v) is 10.6. The lowest BCUT2D eigenvalue weighted by atomic mass is 9.92. The summed E-state index contributed by atoms with van der Waals surface area (Å²) in [5.41, 5.74) is -0.686. The molecule has 0 aromatic heterocycles. The molecule has 0 spiro atoms. The minimum Gasteiger partial charge on any atom is -0.481 e. The van der Waals surface area contributed by atoms with Crippen LogP contribution in [0, 0.1) is 0 Å². The first-order valence-electron chi connectivity index (χ1n) is 5.52. The zero-order valence-electron chi connectivity index (χ0n) is 9.77. The molecule has 0 aliphatic carbocycles. The Morgan fingerprint density at radius 3 is 2.25 bits per heavy atom. The molecule has 1 fully saturated rings. The Morgan fingerprint density at radius 1 is 1.38 bits per heavy atom. The van der Waals surface area contributed by atoms with Crippen LogP contribution in [0.3, 0.4) is 0 Å². The van der Waals surface area contributed by atoms with Gasteiger partial charge < -0.3 is 5.11 Å². The molecule has 0 bridgehead atoms. The topological polar surface area (TPSA) is 74.7 Å².